The monoisotopic (exact) mass is 402 g/mol. The molecule has 1 fully saturated rings. The number of methoxy groups -OCH3 is 1. The molecule has 1 saturated heterocycles. The molecule has 2 amide bonds. The molecule has 146 valence electrons. The van der Waals surface area contributed by atoms with E-state index < -0.39 is 16.0 Å². The van der Waals surface area contributed by atoms with E-state index in [9.17, 15) is 22.8 Å². The number of carbonyl (C=O) groups excluding carboxylic acids is 3. The van der Waals surface area contributed by atoms with Crippen LogP contribution in [-0.2, 0) is 24.3 Å². The third-order valence-electron chi connectivity index (χ3n) is 4.22. The number of hydrogen-bond donors (Lipinski definition) is 1. The molecule has 0 atom stereocenters. The molecule has 0 aliphatic carbocycles. The Balaban J connectivity index is 1.82. The van der Waals surface area contributed by atoms with E-state index in [2.05, 4.69) is 9.46 Å². The summed E-state index contributed by atoms with van der Waals surface area (Å²) in [5, 5.41) is 0. The number of benzene rings is 2. The zero-order chi connectivity index (χ0) is 20.3. The number of esters is 1. The van der Waals surface area contributed by atoms with Crippen molar-refractivity contribution in [2.24, 2.45) is 0 Å². The van der Waals surface area contributed by atoms with Crippen molar-refractivity contribution in [1.29, 1.82) is 0 Å². The van der Waals surface area contributed by atoms with Crippen LogP contribution in [-0.4, -0.2) is 33.3 Å². The number of hydrogen-bond acceptors (Lipinski definition) is 6. The Morgan fingerprint density at radius 3 is 2.29 bits per heavy atom. The Hall–Kier alpha value is -3.20. The smallest absolute Gasteiger partial charge is 0.337 e. The quantitative estimate of drug-likeness (QED) is 0.607. The molecule has 3 rings (SSSR count). The molecule has 0 spiro atoms. The summed E-state index contributed by atoms with van der Waals surface area (Å²) in [6.45, 7) is 0. The lowest BCUT2D eigenvalue weighted by Crippen LogP contribution is -2.40. The van der Waals surface area contributed by atoms with E-state index in [1.54, 1.807) is 0 Å². The fourth-order valence-electron chi connectivity index (χ4n) is 2.86. The second-order valence-corrected chi connectivity index (χ2v) is 7.83. The lowest BCUT2D eigenvalue weighted by atomic mass is 10.1. The van der Waals surface area contributed by atoms with Gasteiger partial charge in [0.25, 0.3) is 10.0 Å². The highest BCUT2D eigenvalue weighted by atomic mass is 32.2. The molecule has 2 aromatic carbocycles. The number of nitrogens with one attached hydrogen (secondary N) is 1. The van der Waals surface area contributed by atoms with Crippen LogP contribution in [0, 0.1) is 0 Å². The summed E-state index contributed by atoms with van der Waals surface area (Å²) >= 11 is 0. The first-order valence-corrected chi connectivity index (χ1v) is 9.97. The number of amides is 2. The second-order valence-electron chi connectivity index (χ2n) is 6.15. The van der Waals surface area contributed by atoms with E-state index in [-0.39, 0.29) is 40.8 Å². The number of ether oxygens (including phenoxy) is 1. The Bertz CT molecular complexity index is 1010. The van der Waals surface area contributed by atoms with Gasteiger partial charge in [0.15, 0.2) is 0 Å². The van der Waals surface area contributed by atoms with Gasteiger partial charge in [-0.2, -0.15) is 0 Å². The third kappa shape index (κ3) is 4.04. The number of piperidine rings is 1. The molecular formula is C19H18N2O6S. The zero-order valence-electron chi connectivity index (χ0n) is 15.0. The van der Waals surface area contributed by atoms with Crippen molar-refractivity contribution in [3.8, 4) is 0 Å². The predicted octanol–water partition coefficient (Wildman–Crippen LogP) is 2.32. The molecular weight excluding hydrogens is 384 g/mol. The SMILES string of the molecule is COC(=O)c1cccc(NS(=O)(=O)c2ccc(N3C(=O)CCCC3=O)cc2)c1. The molecule has 1 aliphatic heterocycles. The molecule has 1 N–H and O–H groups in total. The van der Waals surface area contributed by atoms with Crippen LogP contribution in [0.3, 0.4) is 0 Å². The van der Waals surface area contributed by atoms with Gasteiger partial charge >= 0.3 is 5.97 Å². The molecule has 0 saturated carbocycles. The largest absolute Gasteiger partial charge is 0.465 e. The maximum atomic E-state index is 12.6. The Labute approximate surface area is 162 Å². The van der Waals surface area contributed by atoms with E-state index in [1.807, 2.05) is 0 Å². The summed E-state index contributed by atoms with van der Waals surface area (Å²) in [5.41, 5.74) is 0.745. The van der Waals surface area contributed by atoms with Gasteiger partial charge in [0.2, 0.25) is 11.8 Å². The van der Waals surface area contributed by atoms with Gasteiger partial charge in [0.1, 0.15) is 0 Å². The summed E-state index contributed by atoms with van der Waals surface area (Å²) in [7, 11) is -2.69. The highest BCUT2D eigenvalue weighted by molar-refractivity contribution is 7.92. The van der Waals surface area contributed by atoms with Crippen LogP contribution >= 0.6 is 0 Å². The van der Waals surface area contributed by atoms with Crippen molar-refractivity contribution in [3.05, 3.63) is 54.1 Å². The second kappa shape index (κ2) is 7.81. The van der Waals surface area contributed by atoms with Gasteiger partial charge in [-0.05, 0) is 48.9 Å². The molecule has 1 heterocycles. The maximum absolute atomic E-state index is 12.6. The number of sulfonamides is 1. The van der Waals surface area contributed by atoms with Gasteiger partial charge in [-0.1, -0.05) is 6.07 Å². The molecule has 0 bridgehead atoms. The van der Waals surface area contributed by atoms with E-state index in [0.29, 0.717) is 12.1 Å². The number of nitrogens with zero attached hydrogens (tertiary/aromatic N) is 1. The standard InChI is InChI=1S/C19H18N2O6S/c1-27-19(24)13-4-2-5-14(12-13)20-28(25,26)16-10-8-15(9-11-16)21-17(22)6-3-7-18(21)23/h2,4-5,8-12,20H,3,6-7H2,1H3. The van der Waals surface area contributed by atoms with Crippen molar-refractivity contribution >= 4 is 39.2 Å². The summed E-state index contributed by atoms with van der Waals surface area (Å²) < 4.78 is 32.2. The van der Waals surface area contributed by atoms with Crippen LogP contribution in [0.2, 0.25) is 0 Å². The van der Waals surface area contributed by atoms with E-state index in [0.717, 1.165) is 4.90 Å². The molecule has 8 nitrogen and oxygen atoms in total. The maximum Gasteiger partial charge on any atom is 0.337 e. The molecule has 0 radical (unpaired) electrons. The molecule has 9 heteroatoms. The lowest BCUT2D eigenvalue weighted by molar-refractivity contribution is -0.129. The van der Waals surface area contributed by atoms with Crippen molar-refractivity contribution in [3.63, 3.8) is 0 Å². The first kappa shape index (κ1) is 19.6. The first-order chi connectivity index (χ1) is 13.3. The van der Waals surface area contributed by atoms with E-state index in [4.69, 9.17) is 0 Å². The number of rotatable bonds is 5. The number of carbonyl (C=O) groups is 3. The molecule has 2 aromatic rings. The van der Waals surface area contributed by atoms with Crippen LogP contribution < -0.4 is 9.62 Å². The van der Waals surface area contributed by atoms with E-state index >= 15 is 0 Å². The zero-order valence-corrected chi connectivity index (χ0v) is 15.9. The van der Waals surface area contributed by atoms with Crippen LogP contribution in [0.4, 0.5) is 11.4 Å². The number of anilines is 2. The Morgan fingerprint density at radius 1 is 1.04 bits per heavy atom. The van der Waals surface area contributed by atoms with Gasteiger partial charge in [0, 0.05) is 18.5 Å². The third-order valence-corrected chi connectivity index (χ3v) is 5.62. The summed E-state index contributed by atoms with van der Waals surface area (Å²) in [6.07, 6.45) is 1.09. The summed E-state index contributed by atoms with van der Waals surface area (Å²) in [6, 6.07) is 11.4. The van der Waals surface area contributed by atoms with Gasteiger partial charge in [-0.3, -0.25) is 19.2 Å². The van der Waals surface area contributed by atoms with Crippen LogP contribution in [0.25, 0.3) is 0 Å². The molecule has 0 aromatic heterocycles. The van der Waals surface area contributed by atoms with E-state index in [1.165, 1.54) is 55.6 Å². The molecule has 28 heavy (non-hydrogen) atoms. The van der Waals surface area contributed by atoms with Crippen LogP contribution in [0.15, 0.2) is 53.4 Å². The fourth-order valence-corrected chi connectivity index (χ4v) is 3.91. The summed E-state index contributed by atoms with van der Waals surface area (Å²) in [5.74, 6) is -1.18. The minimum absolute atomic E-state index is 0.0448. The van der Waals surface area contributed by atoms with Crippen molar-refractivity contribution in [2.45, 2.75) is 24.2 Å². The minimum Gasteiger partial charge on any atom is -0.465 e. The van der Waals surface area contributed by atoms with Crippen LogP contribution in [0.5, 0.6) is 0 Å². The normalized spacial score (nSPS) is 14.7. The average molecular weight is 402 g/mol. The fraction of sp³-hybridized carbons (Fsp3) is 0.211. The van der Waals surface area contributed by atoms with Crippen LogP contribution in [0.1, 0.15) is 29.6 Å². The highest BCUT2D eigenvalue weighted by Gasteiger charge is 2.27. The van der Waals surface area contributed by atoms with Gasteiger partial charge in [-0.25, -0.2) is 13.2 Å². The van der Waals surface area contributed by atoms with Gasteiger partial charge in [-0.15, -0.1) is 0 Å². The van der Waals surface area contributed by atoms with Crippen molar-refractivity contribution in [1.82, 2.24) is 0 Å². The highest BCUT2D eigenvalue weighted by Crippen LogP contribution is 2.24. The predicted molar refractivity (Wildman–Crippen MR) is 101 cm³/mol. The minimum atomic E-state index is -3.93. The topological polar surface area (TPSA) is 110 Å². The number of imide groups is 1. The van der Waals surface area contributed by atoms with Gasteiger partial charge in [0.05, 0.1) is 23.3 Å². The van der Waals surface area contributed by atoms with Gasteiger partial charge < -0.3 is 4.74 Å². The summed E-state index contributed by atoms with van der Waals surface area (Å²) in [4.78, 5) is 36.6. The first-order valence-electron chi connectivity index (χ1n) is 8.49. The Morgan fingerprint density at radius 2 is 1.68 bits per heavy atom. The lowest BCUT2D eigenvalue weighted by Gasteiger charge is -2.24. The molecule has 1 aliphatic rings. The van der Waals surface area contributed by atoms with Crippen molar-refractivity contribution < 1.29 is 27.5 Å². The van der Waals surface area contributed by atoms with Crippen molar-refractivity contribution in [2.75, 3.05) is 16.7 Å². The average Bonchev–Trinajstić information content (AvgIpc) is 2.67. The Kier molecular flexibility index (Phi) is 5.46. The molecule has 0 unspecified atom stereocenters.